The van der Waals surface area contributed by atoms with Crippen LogP contribution in [0.1, 0.15) is 65.7 Å². The van der Waals surface area contributed by atoms with Crippen LogP contribution in [0, 0.1) is 10.8 Å². The van der Waals surface area contributed by atoms with Crippen LogP contribution in [0.2, 0.25) is 0 Å². The number of carbonyl (C=O) groups is 1. The van der Waals surface area contributed by atoms with Crippen LogP contribution in [0.3, 0.4) is 0 Å². The quantitative estimate of drug-likeness (QED) is 0.665. The summed E-state index contributed by atoms with van der Waals surface area (Å²) in [6, 6.07) is 0. The molecule has 1 aliphatic carbocycles. The number of amides is 1. The predicted octanol–water partition coefficient (Wildman–Crippen LogP) is 2.84. The van der Waals surface area contributed by atoms with Crippen molar-refractivity contribution in [2.45, 2.75) is 65.7 Å². The fraction of sp³-hybridized carbons (Fsp3) is 0.933. The van der Waals surface area contributed by atoms with E-state index in [9.17, 15) is 4.79 Å². The first kappa shape index (κ1) is 15.5. The van der Waals surface area contributed by atoms with E-state index < -0.39 is 0 Å². The SMILES string of the molecule is CCCC(CN)(CCC)C(=O)NCC1(CC)CC1. The maximum absolute atomic E-state index is 12.5. The molecule has 0 aromatic rings. The Morgan fingerprint density at radius 3 is 2.11 bits per heavy atom. The summed E-state index contributed by atoms with van der Waals surface area (Å²) in [5.74, 6) is 0.188. The van der Waals surface area contributed by atoms with Crippen molar-refractivity contribution in [1.82, 2.24) is 5.32 Å². The Bertz CT molecular complexity index is 266. The standard InChI is InChI=1S/C15H30N2O/c1-4-7-15(11-16,8-5-2)13(18)17-12-14(6-3)9-10-14/h4-12,16H2,1-3H3,(H,17,18). The molecule has 0 unspecified atom stereocenters. The highest BCUT2D eigenvalue weighted by Crippen LogP contribution is 2.48. The molecule has 3 nitrogen and oxygen atoms in total. The summed E-state index contributed by atoms with van der Waals surface area (Å²) in [4.78, 5) is 12.5. The fourth-order valence-electron chi connectivity index (χ4n) is 2.89. The summed E-state index contributed by atoms with van der Waals surface area (Å²) in [5, 5.41) is 3.18. The van der Waals surface area contributed by atoms with E-state index in [1.54, 1.807) is 0 Å². The molecule has 1 amide bonds. The highest BCUT2D eigenvalue weighted by molar-refractivity contribution is 5.83. The first-order valence-corrected chi connectivity index (χ1v) is 7.56. The molecule has 0 radical (unpaired) electrons. The minimum atomic E-state index is -0.326. The van der Waals surface area contributed by atoms with E-state index in [1.165, 1.54) is 19.3 Å². The van der Waals surface area contributed by atoms with Crippen LogP contribution in [0.4, 0.5) is 0 Å². The minimum absolute atomic E-state index is 0.188. The fourth-order valence-corrected chi connectivity index (χ4v) is 2.89. The lowest BCUT2D eigenvalue weighted by atomic mass is 9.78. The molecule has 0 heterocycles. The third-order valence-corrected chi connectivity index (χ3v) is 4.66. The second-order valence-electron chi connectivity index (χ2n) is 6.02. The van der Waals surface area contributed by atoms with Gasteiger partial charge in [0.1, 0.15) is 0 Å². The van der Waals surface area contributed by atoms with Crippen molar-refractivity contribution in [2.75, 3.05) is 13.1 Å². The Morgan fingerprint density at radius 2 is 1.78 bits per heavy atom. The number of hydrogen-bond donors (Lipinski definition) is 2. The molecule has 3 N–H and O–H groups in total. The maximum atomic E-state index is 12.5. The molecule has 3 heteroatoms. The second-order valence-corrected chi connectivity index (χ2v) is 6.02. The molecule has 1 rings (SSSR count). The maximum Gasteiger partial charge on any atom is 0.227 e. The van der Waals surface area contributed by atoms with Gasteiger partial charge >= 0.3 is 0 Å². The van der Waals surface area contributed by atoms with Gasteiger partial charge in [-0.15, -0.1) is 0 Å². The Labute approximate surface area is 112 Å². The molecule has 0 aliphatic heterocycles. The predicted molar refractivity (Wildman–Crippen MR) is 76.3 cm³/mol. The molecule has 0 bridgehead atoms. The summed E-state index contributed by atoms with van der Waals surface area (Å²) in [6.45, 7) is 7.79. The topological polar surface area (TPSA) is 55.1 Å². The van der Waals surface area contributed by atoms with Gasteiger partial charge in [0.2, 0.25) is 5.91 Å². The van der Waals surface area contributed by atoms with E-state index in [0.29, 0.717) is 12.0 Å². The molecule has 1 aliphatic rings. The summed E-state index contributed by atoms with van der Waals surface area (Å²) < 4.78 is 0. The largest absolute Gasteiger partial charge is 0.355 e. The van der Waals surface area contributed by atoms with E-state index >= 15 is 0 Å². The van der Waals surface area contributed by atoms with Gasteiger partial charge in [0.15, 0.2) is 0 Å². The summed E-state index contributed by atoms with van der Waals surface area (Å²) in [5.41, 5.74) is 5.99. The highest BCUT2D eigenvalue weighted by atomic mass is 16.2. The average Bonchev–Trinajstić information content (AvgIpc) is 3.16. The molecule has 1 fully saturated rings. The van der Waals surface area contributed by atoms with Crippen molar-refractivity contribution >= 4 is 5.91 Å². The number of hydrogen-bond acceptors (Lipinski definition) is 2. The van der Waals surface area contributed by atoms with E-state index in [1.807, 2.05) is 0 Å². The van der Waals surface area contributed by atoms with E-state index in [2.05, 4.69) is 26.1 Å². The number of carbonyl (C=O) groups excluding carboxylic acids is 1. The van der Waals surface area contributed by atoms with Crippen LogP contribution in [-0.4, -0.2) is 19.0 Å². The van der Waals surface area contributed by atoms with Gasteiger partial charge in [-0.05, 0) is 37.5 Å². The first-order valence-electron chi connectivity index (χ1n) is 7.56. The zero-order valence-electron chi connectivity index (χ0n) is 12.3. The van der Waals surface area contributed by atoms with E-state index in [0.717, 1.165) is 32.2 Å². The summed E-state index contributed by atoms with van der Waals surface area (Å²) in [7, 11) is 0. The van der Waals surface area contributed by atoms with Crippen molar-refractivity contribution in [1.29, 1.82) is 0 Å². The Kier molecular flexibility index (Phi) is 5.64. The highest BCUT2D eigenvalue weighted by Gasteiger charge is 2.42. The van der Waals surface area contributed by atoms with E-state index in [-0.39, 0.29) is 11.3 Å². The minimum Gasteiger partial charge on any atom is -0.355 e. The number of nitrogens with two attached hydrogens (primary N) is 1. The third-order valence-electron chi connectivity index (χ3n) is 4.66. The lowest BCUT2D eigenvalue weighted by Gasteiger charge is -2.31. The average molecular weight is 254 g/mol. The Hall–Kier alpha value is -0.570. The van der Waals surface area contributed by atoms with Crippen LogP contribution in [0.5, 0.6) is 0 Å². The Balaban J connectivity index is 2.58. The van der Waals surface area contributed by atoms with Crippen LogP contribution in [0.15, 0.2) is 0 Å². The van der Waals surface area contributed by atoms with Gasteiger partial charge in [-0.1, -0.05) is 33.6 Å². The monoisotopic (exact) mass is 254 g/mol. The normalized spacial score (nSPS) is 17.6. The van der Waals surface area contributed by atoms with Crippen molar-refractivity contribution < 1.29 is 4.79 Å². The van der Waals surface area contributed by atoms with Crippen LogP contribution < -0.4 is 11.1 Å². The zero-order valence-corrected chi connectivity index (χ0v) is 12.3. The molecule has 0 aromatic carbocycles. The van der Waals surface area contributed by atoms with Gasteiger partial charge in [-0.2, -0.15) is 0 Å². The molecular weight excluding hydrogens is 224 g/mol. The molecule has 0 spiro atoms. The van der Waals surface area contributed by atoms with Crippen molar-refractivity contribution in [3.8, 4) is 0 Å². The third kappa shape index (κ3) is 3.47. The van der Waals surface area contributed by atoms with Gasteiger partial charge in [0.05, 0.1) is 5.41 Å². The molecule has 1 saturated carbocycles. The molecule has 0 saturated heterocycles. The van der Waals surface area contributed by atoms with Crippen molar-refractivity contribution in [2.24, 2.45) is 16.6 Å². The Morgan fingerprint density at radius 1 is 1.22 bits per heavy atom. The smallest absolute Gasteiger partial charge is 0.227 e. The van der Waals surface area contributed by atoms with Gasteiger partial charge in [0.25, 0.3) is 0 Å². The molecule has 18 heavy (non-hydrogen) atoms. The number of nitrogens with one attached hydrogen (secondary N) is 1. The second kappa shape index (κ2) is 6.55. The van der Waals surface area contributed by atoms with Gasteiger partial charge in [-0.25, -0.2) is 0 Å². The molecule has 0 atom stereocenters. The van der Waals surface area contributed by atoms with Crippen molar-refractivity contribution in [3.05, 3.63) is 0 Å². The van der Waals surface area contributed by atoms with Gasteiger partial charge < -0.3 is 11.1 Å². The summed E-state index contributed by atoms with van der Waals surface area (Å²) in [6.07, 6.45) is 7.55. The molecule has 0 aromatic heterocycles. The van der Waals surface area contributed by atoms with Gasteiger partial charge in [0, 0.05) is 13.1 Å². The van der Waals surface area contributed by atoms with Crippen LogP contribution in [0.25, 0.3) is 0 Å². The number of rotatable bonds is 9. The zero-order chi connectivity index (χ0) is 13.6. The molecule has 106 valence electrons. The van der Waals surface area contributed by atoms with Crippen LogP contribution in [-0.2, 0) is 4.79 Å². The van der Waals surface area contributed by atoms with Gasteiger partial charge in [-0.3, -0.25) is 4.79 Å². The summed E-state index contributed by atoms with van der Waals surface area (Å²) >= 11 is 0. The molecular formula is C15H30N2O. The van der Waals surface area contributed by atoms with Crippen LogP contribution >= 0.6 is 0 Å². The van der Waals surface area contributed by atoms with E-state index in [4.69, 9.17) is 5.73 Å². The lowest BCUT2D eigenvalue weighted by Crippen LogP contribution is -2.47. The van der Waals surface area contributed by atoms with Crippen molar-refractivity contribution in [3.63, 3.8) is 0 Å². The lowest BCUT2D eigenvalue weighted by molar-refractivity contribution is -0.131. The first-order chi connectivity index (χ1) is 8.58.